The predicted molar refractivity (Wildman–Crippen MR) is 126 cm³/mol. The number of carbonyl (C=O) groups excluding carboxylic acids is 1. The largest absolute Gasteiger partial charge is 0.457 e. The molecule has 0 aliphatic carbocycles. The summed E-state index contributed by atoms with van der Waals surface area (Å²) in [5.74, 6) is 0.320. The van der Waals surface area contributed by atoms with Crippen molar-refractivity contribution in [2.24, 2.45) is 0 Å². The minimum absolute atomic E-state index is 0.0951. The zero-order valence-corrected chi connectivity index (χ0v) is 18.5. The minimum Gasteiger partial charge on any atom is -0.457 e. The van der Waals surface area contributed by atoms with E-state index in [1.54, 1.807) is 30.3 Å². The molecule has 3 rings (SSSR count). The molecule has 11 heteroatoms. The van der Waals surface area contributed by atoms with Crippen LogP contribution in [0.3, 0.4) is 0 Å². The van der Waals surface area contributed by atoms with E-state index in [-0.39, 0.29) is 21.5 Å². The monoisotopic (exact) mass is 495 g/mol. The molecule has 7 nitrogen and oxygen atoms in total. The van der Waals surface area contributed by atoms with E-state index in [0.717, 1.165) is 0 Å². The quantitative estimate of drug-likeness (QED) is 0.185. The van der Waals surface area contributed by atoms with E-state index >= 15 is 0 Å². The molecule has 1 heterocycles. The number of nitrogens with one attached hydrogen (secondary N) is 2. The van der Waals surface area contributed by atoms with E-state index in [1.807, 2.05) is 0 Å². The van der Waals surface area contributed by atoms with Crippen molar-refractivity contribution in [3.8, 4) is 11.3 Å². The molecule has 2 aromatic carbocycles. The van der Waals surface area contributed by atoms with E-state index in [0.29, 0.717) is 27.1 Å². The lowest BCUT2D eigenvalue weighted by atomic mass is 10.2. The lowest BCUT2D eigenvalue weighted by molar-refractivity contribution is -0.383. The lowest BCUT2D eigenvalue weighted by Gasteiger charge is -2.08. The fourth-order valence-electron chi connectivity index (χ4n) is 2.51. The first-order valence-electron chi connectivity index (χ1n) is 8.53. The van der Waals surface area contributed by atoms with Gasteiger partial charge >= 0.3 is 0 Å². The van der Waals surface area contributed by atoms with Crippen LogP contribution in [0.25, 0.3) is 17.4 Å². The summed E-state index contributed by atoms with van der Waals surface area (Å²) in [7, 11) is 0. The number of rotatable bonds is 5. The summed E-state index contributed by atoms with van der Waals surface area (Å²) in [6, 6.07) is 12.5. The number of amides is 1. The maximum absolute atomic E-state index is 12.1. The van der Waals surface area contributed by atoms with Gasteiger partial charge in [-0.1, -0.05) is 40.9 Å². The first kappa shape index (κ1) is 22.8. The number of anilines is 1. The summed E-state index contributed by atoms with van der Waals surface area (Å²) < 4.78 is 5.66. The number of hydrogen-bond acceptors (Lipinski definition) is 5. The van der Waals surface area contributed by atoms with Gasteiger partial charge in [0, 0.05) is 22.7 Å². The van der Waals surface area contributed by atoms with E-state index < -0.39 is 10.8 Å². The van der Waals surface area contributed by atoms with Crippen LogP contribution < -0.4 is 10.6 Å². The van der Waals surface area contributed by atoms with Crippen molar-refractivity contribution in [2.45, 2.75) is 0 Å². The van der Waals surface area contributed by atoms with Gasteiger partial charge < -0.3 is 9.73 Å². The van der Waals surface area contributed by atoms with E-state index in [9.17, 15) is 14.9 Å². The average molecular weight is 497 g/mol. The zero-order valence-electron chi connectivity index (χ0n) is 15.4. The number of nitro groups is 1. The Bertz CT molecular complexity index is 1210. The fraction of sp³-hybridized carbons (Fsp3) is 0. The predicted octanol–water partition coefficient (Wildman–Crippen LogP) is 6.34. The van der Waals surface area contributed by atoms with Crippen LogP contribution in [0.5, 0.6) is 0 Å². The molecule has 3 aromatic rings. The summed E-state index contributed by atoms with van der Waals surface area (Å²) in [6.45, 7) is 0. The van der Waals surface area contributed by atoms with Crippen LogP contribution in [0, 0.1) is 10.1 Å². The van der Waals surface area contributed by atoms with Gasteiger partial charge in [0.05, 0.1) is 15.0 Å². The molecule has 2 N–H and O–H groups in total. The molecule has 0 radical (unpaired) electrons. The van der Waals surface area contributed by atoms with Gasteiger partial charge in [-0.3, -0.25) is 20.2 Å². The second-order valence-electron chi connectivity index (χ2n) is 6.00. The summed E-state index contributed by atoms with van der Waals surface area (Å²) in [5, 5.41) is 17.0. The summed E-state index contributed by atoms with van der Waals surface area (Å²) >= 11 is 23.0. The summed E-state index contributed by atoms with van der Waals surface area (Å²) in [5.41, 5.74) is 0.438. The molecule has 0 unspecified atom stereocenters. The van der Waals surface area contributed by atoms with Crippen molar-refractivity contribution in [3.05, 3.63) is 85.5 Å². The van der Waals surface area contributed by atoms with E-state index in [4.69, 9.17) is 51.4 Å². The Kier molecular flexibility index (Phi) is 7.29. The number of furan rings is 1. The highest BCUT2D eigenvalue weighted by Gasteiger charge is 2.16. The number of halogens is 3. The number of hydrogen-bond donors (Lipinski definition) is 2. The highest BCUT2D eigenvalue weighted by molar-refractivity contribution is 7.80. The lowest BCUT2D eigenvalue weighted by Crippen LogP contribution is -2.33. The summed E-state index contributed by atoms with van der Waals surface area (Å²) in [6.07, 6.45) is 2.64. The molecule has 1 aromatic heterocycles. The first-order chi connectivity index (χ1) is 14.7. The van der Waals surface area contributed by atoms with Gasteiger partial charge in [-0.15, -0.1) is 0 Å². The normalized spacial score (nSPS) is 10.8. The molecule has 0 fully saturated rings. The van der Waals surface area contributed by atoms with Gasteiger partial charge in [0.1, 0.15) is 17.2 Å². The molecule has 0 atom stereocenters. The highest BCUT2D eigenvalue weighted by Crippen LogP contribution is 2.34. The highest BCUT2D eigenvalue weighted by atomic mass is 35.5. The Morgan fingerprint density at radius 3 is 2.65 bits per heavy atom. The molecule has 31 heavy (non-hydrogen) atoms. The fourth-order valence-corrected chi connectivity index (χ4v) is 3.28. The Labute approximate surface area is 196 Å². The Balaban J connectivity index is 1.64. The Morgan fingerprint density at radius 2 is 1.90 bits per heavy atom. The molecule has 0 spiro atoms. The minimum atomic E-state index is -0.612. The smallest absolute Gasteiger partial charge is 0.294 e. The third-order valence-electron chi connectivity index (χ3n) is 3.88. The average Bonchev–Trinajstić information content (AvgIpc) is 3.18. The van der Waals surface area contributed by atoms with Crippen LogP contribution in [0.15, 0.2) is 59.0 Å². The molecule has 158 valence electrons. The Hall–Kier alpha value is -2.91. The molecule has 0 aliphatic heterocycles. The molecule has 0 bridgehead atoms. The van der Waals surface area contributed by atoms with Crippen molar-refractivity contribution in [2.75, 3.05) is 5.32 Å². The topological polar surface area (TPSA) is 97.4 Å². The number of nitro benzene ring substituents is 1. The number of thiocarbonyl (C=S) groups is 1. The number of benzene rings is 2. The van der Waals surface area contributed by atoms with Crippen molar-refractivity contribution in [1.29, 1.82) is 0 Å². The van der Waals surface area contributed by atoms with Gasteiger partial charge in [-0.05, 0) is 54.7 Å². The molecule has 1 amide bonds. The van der Waals surface area contributed by atoms with E-state index in [2.05, 4.69) is 10.6 Å². The second kappa shape index (κ2) is 9.93. The molecular weight excluding hydrogens is 485 g/mol. The third-order valence-corrected chi connectivity index (χ3v) is 5.14. The SMILES string of the molecule is O=C(C=Cc1ccc(-c2cccc(Cl)c2Cl)o1)NC(=S)Nc1ccc(Cl)cc1[N+](=O)[O-]. The van der Waals surface area contributed by atoms with Gasteiger partial charge in [-0.2, -0.15) is 0 Å². The van der Waals surface area contributed by atoms with Gasteiger partial charge in [0.25, 0.3) is 5.69 Å². The molecular formula is C20H12Cl3N3O4S. The maximum Gasteiger partial charge on any atom is 0.294 e. The van der Waals surface area contributed by atoms with Crippen LogP contribution in [0.4, 0.5) is 11.4 Å². The number of nitrogens with zero attached hydrogens (tertiary/aromatic N) is 1. The van der Waals surface area contributed by atoms with Crippen molar-refractivity contribution >= 4 is 75.5 Å². The zero-order chi connectivity index (χ0) is 22.5. The van der Waals surface area contributed by atoms with Crippen LogP contribution in [0.2, 0.25) is 15.1 Å². The molecule has 0 saturated heterocycles. The van der Waals surface area contributed by atoms with Crippen LogP contribution in [-0.4, -0.2) is 15.9 Å². The first-order valence-corrected chi connectivity index (χ1v) is 10.1. The Morgan fingerprint density at radius 1 is 1.13 bits per heavy atom. The van der Waals surface area contributed by atoms with Crippen molar-refractivity contribution in [1.82, 2.24) is 5.32 Å². The maximum atomic E-state index is 12.1. The van der Waals surface area contributed by atoms with Gasteiger partial charge in [0.15, 0.2) is 5.11 Å². The van der Waals surface area contributed by atoms with E-state index in [1.165, 1.54) is 30.4 Å². The molecule has 0 saturated carbocycles. The second-order valence-corrected chi connectivity index (χ2v) is 7.63. The van der Waals surface area contributed by atoms with Crippen molar-refractivity contribution in [3.63, 3.8) is 0 Å². The summed E-state index contributed by atoms with van der Waals surface area (Å²) in [4.78, 5) is 22.6. The van der Waals surface area contributed by atoms with Crippen LogP contribution >= 0.6 is 47.0 Å². The number of carbonyl (C=O) groups is 1. The third kappa shape index (κ3) is 5.83. The van der Waals surface area contributed by atoms with Crippen molar-refractivity contribution < 1.29 is 14.1 Å². The standard InChI is InChI=1S/C20H12Cl3N3O4S/c21-11-4-7-15(16(10-11)26(28)29)24-20(31)25-18(27)9-6-12-5-8-17(30-12)13-2-1-3-14(22)19(13)23/h1-10H,(H2,24,25,27,31). The molecule has 0 aliphatic rings. The van der Waals surface area contributed by atoms with Crippen LogP contribution in [0.1, 0.15) is 5.76 Å². The van der Waals surface area contributed by atoms with Crippen LogP contribution in [-0.2, 0) is 4.79 Å². The van der Waals surface area contributed by atoms with Gasteiger partial charge in [-0.25, -0.2) is 0 Å². The van der Waals surface area contributed by atoms with Gasteiger partial charge in [0.2, 0.25) is 5.91 Å².